The predicted molar refractivity (Wildman–Crippen MR) is 74.9 cm³/mol. The van der Waals surface area contributed by atoms with E-state index >= 15 is 0 Å². The normalized spacial score (nSPS) is 13.3. The van der Waals surface area contributed by atoms with Crippen LogP contribution in [-0.2, 0) is 0 Å². The van der Waals surface area contributed by atoms with Gasteiger partial charge in [-0.05, 0) is 37.6 Å². The van der Waals surface area contributed by atoms with Crippen LogP contribution in [0.15, 0.2) is 36.9 Å². The summed E-state index contributed by atoms with van der Waals surface area (Å²) in [6.45, 7) is 6.40. The first-order valence-electron chi connectivity index (χ1n) is 6.31. The molecular formula is C15H20N2O2. The van der Waals surface area contributed by atoms with E-state index in [1.54, 1.807) is 24.3 Å². The number of nitrogens with zero attached hydrogens (tertiary/aromatic N) is 1. The summed E-state index contributed by atoms with van der Waals surface area (Å²) in [6, 6.07) is 9.15. The zero-order valence-electron chi connectivity index (χ0n) is 11.2. The average molecular weight is 260 g/mol. The van der Waals surface area contributed by atoms with Crippen LogP contribution in [0.2, 0.25) is 0 Å². The molecule has 102 valence electrons. The zero-order chi connectivity index (χ0) is 14.1. The van der Waals surface area contributed by atoms with E-state index in [0.29, 0.717) is 23.9 Å². The fourth-order valence-corrected chi connectivity index (χ4v) is 1.55. The highest BCUT2D eigenvalue weighted by molar-refractivity contribution is 5.34. The molecule has 2 atom stereocenters. The van der Waals surface area contributed by atoms with Crippen LogP contribution >= 0.6 is 0 Å². The van der Waals surface area contributed by atoms with Gasteiger partial charge in [-0.25, -0.2) is 0 Å². The molecular weight excluding hydrogens is 240 g/mol. The van der Waals surface area contributed by atoms with Crippen LogP contribution in [0.3, 0.4) is 0 Å². The summed E-state index contributed by atoms with van der Waals surface area (Å²) in [5, 5.41) is 21.6. The van der Waals surface area contributed by atoms with E-state index in [1.165, 1.54) is 0 Å². The molecule has 4 heteroatoms. The maximum atomic E-state index is 9.76. The number of ether oxygens (including phenoxy) is 1. The van der Waals surface area contributed by atoms with Crippen molar-refractivity contribution >= 4 is 0 Å². The Morgan fingerprint density at radius 1 is 1.47 bits per heavy atom. The van der Waals surface area contributed by atoms with Gasteiger partial charge in [0.25, 0.3) is 0 Å². The van der Waals surface area contributed by atoms with Crippen LogP contribution < -0.4 is 10.1 Å². The summed E-state index contributed by atoms with van der Waals surface area (Å²) < 4.78 is 5.44. The molecule has 2 N–H and O–H groups in total. The Morgan fingerprint density at radius 3 is 2.74 bits per heavy atom. The number of hydrogen-bond donors (Lipinski definition) is 2. The van der Waals surface area contributed by atoms with Crippen molar-refractivity contribution in [2.24, 2.45) is 0 Å². The summed E-state index contributed by atoms with van der Waals surface area (Å²) in [5.41, 5.74) is 0.591. The molecule has 0 saturated heterocycles. The Morgan fingerprint density at radius 2 is 2.16 bits per heavy atom. The quantitative estimate of drug-likeness (QED) is 0.700. The third kappa shape index (κ3) is 6.05. The van der Waals surface area contributed by atoms with Crippen molar-refractivity contribution in [3.8, 4) is 11.8 Å². The number of nitriles is 1. The summed E-state index contributed by atoms with van der Waals surface area (Å²) in [7, 11) is 0. The van der Waals surface area contributed by atoms with Gasteiger partial charge in [-0.2, -0.15) is 5.26 Å². The minimum atomic E-state index is -0.567. The van der Waals surface area contributed by atoms with E-state index in [-0.39, 0.29) is 6.61 Å². The third-order valence-electron chi connectivity index (χ3n) is 2.65. The first-order valence-corrected chi connectivity index (χ1v) is 6.31. The van der Waals surface area contributed by atoms with Crippen molar-refractivity contribution in [2.45, 2.75) is 25.5 Å². The van der Waals surface area contributed by atoms with Gasteiger partial charge in [0, 0.05) is 12.6 Å². The lowest BCUT2D eigenvalue weighted by atomic mass is 10.2. The summed E-state index contributed by atoms with van der Waals surface area (Å²) in [4.78, 5) is 0. The molecule has 0 aliphatic carbocycles. The minimum absolute atomic E-state index is 0.222. The number of hydrogen-bond acceptors (Lipinski definition) is 4. The lowest BCUT2D eigenvalue weighted by Gasteiger charge is -2.16. The van der Waals surface area contributed by atoms with E-state index in [0.717, 1.165) is 6.42 Å². The van der Waals surface area contributed by atoms with Gasteiger partial charge in [0.1, 0.15) is 18.5 Å². The van der Waals surface area contributed by atoms with Crippen molar-refractivity contribution in [3.63, 3.8) is 0 Å². The van der Waals surface area contributed by atoms with Crippen molar-refractivity contribution in [1.29, 1.82) is 5.26 Å². The lowest BCUT2D eigenvalue weighted by Crippen LogP contribution is -2.36. The average Bonchev–Trinajstić information content (AvgIpc) is 2.44. The highest BCUT2D eigenvalue weighted by Crippen LogP contribution is 2.11. The summed E-state index contributed by atoms with van der Waals surface area (Å²) >= 11 is 0. The number of aliphatic hydroxyl groups excluding tert-OH is 1. The van der Waals surface area contributed by atoms with Crippen molar-refractivity contribution in [2.75, 3.05) is 13.2 Å². The standard InChI is InChI=1S/C15H20N2O2/c1-3-4-12(2)17-10-14(18)11-19-15-7-5-13(9-16)6-8-15/h3,5-8,12,14,17-18H,1,4,10-11H2,2H3. The van der Waals surface area contributed by atoms with Crippen molar-refractivity contribution in [3.05, 3.63) is 42.5 Å². The van der Waals surface area contributed by atoms with E-state index in [2.05, 4.69) is 11.9 Å². The molecule has 0 fully saturated rings. The monoisotopic (exact) mass is 260 g/mol. The van der Waals surface area contributed by atoms with Crippen LogP contribution in [0.25, 0.3) is 0 Å². The van der Waals surface area contributed by atoms with Gasteiger partial charge in [0.15, 0.2) is 0 Å². The minimum Gasteiger partial charge on any atom is -0.491 e. The molecule has 0 aliphatic rings. The molecule has 0 spiro atoms. The van der Waals surface area contributed by atoms with Crippen molar-refractivity contribution < 1.29 is 9.84 Å². The first-order chi connectivity index (χ1) is 9.15. The molecule has 0 radical (unpaired) electrons. The van der Waals surface area contributed by atoms with Gasteiger partial charge < -0.3 is 15.2 Å². The fraction of sp³-hybridized carbons (Fsp3) is 0.400. The molecule has 1 aromatic rings. The molecule has 0 aliphatic heterocycles. The summed E-state index contributed by atoms with van der Waals surface area (Å²) in [6.07, 6.45) is 2.14. The van der Waals surface area contributed by atoms with Crippen LogP contribution in [0.4, 0.5) is 0 Å². The lowest BCUT2D eigenvalue weighted by molar-refractivity contribution is 0.104. The fourth-order valence-electron chi connectivity index (χ4n) is 1.55. The maximum Gasteiger partial charge on any atom is 0.119 e. The summed E-state index contributed by atoms with van der Waals surface area (Å²) in [5.74, 6) is 0.650. The molecule has 0 aromatic heterocycles. The Hall–Kier alpha value is -1.83. The predicted octanol–water partition coefficient (Wildman–Crippen LogP) is 1.85. The number of aliphatic hydroxyl groups is 1. The van der Waals surface area contributed by atoms with Gasteiger partial charge in [0.05, 0.1) is 11.6 Å². The van der Waals surface area contributed by atoms with E-state index < -0.39 is 6.10 Å². The molecule has 4 nitrogen and oxygen atoms in total. The highest BCUT2D eigenvalue weighted by atomic mass is 16.5. The van der Waals surface area contributed by atoms with Gasteiger partial charge in [-0.1, -0.05) is 6.08 Å². The largest absolute Gasteiger partial charge is 0.491 e. The second-order valence-electron chi connectivity index (χ2n) is 4.43. The van der Waals surface area contributed by atoms with Crippen LogP contribution in [0, 0.1) is 11.3 Å². The van der Waals surface area contributed by atoms with Crippen molar-refractivity contribution in [1.82, 2.24) is 5.32 Å². The number of rotatable bonds is 8. The Labute approximate surface area is 114 Å². The van der Waals surface area contributed by atoms with Gasteiger partial charge in [-0.15, -0.1) is 6.58 Å². The van der Waals surface area contributed by atoms with E-state index in [9.17, 15) is 5.11 Å². The number of nitrogens with one attached hydrogen (secondary N) is 1. The van der Waals surface area contributed by atoms with Gasteiger partial charge in [0.2, 0.25) is 0 Å². The molecule has 1 rings (SSSR count). The molecule has 0 bridgehead atoms. The SMILES string of the molecule is C=CCC(C)NCC(O)COc1ccc(C#N)cc1. The molecule has 0 saturated carbocycles. The molecule has 0 amide bonds. The second kappa shape index (κ2) is 8.30. The topological polar surface area (TPSA) is 65.3 Å². The molecule has 1 aromatic carbocycles. The Kier molecular flexibility index (Phi) is 6.65. The van der Waals surface area contributed by atoms with Gasteiger partial charge >= 0.3 is 0 Å². The van der Waals surface area contributed by atoms with E-state index in [4.69, 9.17) is 10.00 Å². The molecule has 2 unspecified atom stereocenters. The molecule has 19 heavy (non-hydrogen) atoms. The Balaban J connectivity index is 2.27. The smallest absolute Gasteiger partial charge is 0.119 e. The van der Waals surface area contributed by atoms with Crippen LogP contribution in [-0.4, -0.2) is 30.4 Å². The van der Waals surface area contributed by atoms with E-state index in [1.807, 2.05) is 19.1 Å². The third-order valence-corrected chi connectivity index (χ3v) is 2.65. The highest BCUT2D eigenvalue weighted by Gasteiger charge is 2.07. The van der Waals surface area contributed by atoms with Crippen LogP contribution in [0.5, 0.6) is 5.75 Å². The van der Waals surface area contributed by atoms with Gasteiger partial charge in [-0.3, -0.25) is 0 Å². The van der Waals surface area contributed by atoms with Crippen LogP contribution in [0.1, 0.15) is 18.9 Å². The second-order valence-corrected chi connectivity index (χ2v) is 4.43. The first kappa shape index (κ1) is 15.2. The zero-order valence-corrected chi connectivity index (χ0v) is 11.2. The Bertz CT molecular complexity index is 423. The molecule has 0 heterocycles. The maximum absolute atomic E-state index is 9.76. The number of benzene rings is 1.